The van der Waals surface area contributed by atoms with Crippen LogP contribution in [0.25, 0.3) is 0 Å². The molecule has 0 radical (unpaired) electrons. The summed E-state index contributed by atoms with van der Waals surface area (Å²) in [7, 11) is 1.82. The number of rotatable bonds is 2. The molecule has 1 aromatic rings. The first-order valence-corrected chi connectivity index (χ1v) is 7.40. The van der Waals surface area contributed by atoms with Gasteiger partial charge in [-0.15, -0.1) is 0 Å². The standard InChI is InChI=1S/C14H23N5O/c1-16-11-8-12(18-13(15)17-11)19-7-6-14(20)5-3-2-4-10(14)9-19/h8,10,20H,2-7,9H2,1H3,(H3,15,16,17,18). The lowest BCUT2D eigenvalue weighted by atomic mass is 9.71. The first kappa shape index (κ1) is 13.4. The summed E-state index contributed by atoms with van der Waals surface area (Å²) in [5.74, 6) is 2.22. The molecule has 20 heavy (non-hydrogen) atoms. The fourth-order valence-corrected chi connectivity index (χ4v) is 3.52. The van der Waals surface area contributed by atoms with Crippen molar-refractivity contribution >= 4 is 17.6 Å². The Morgan fingerprint density at radius 3 is 3.05 bits per heavy atom. The molecule has 6 heteroatoms. The molecular formula is C14H23N5O. The lowest BCUT2D eigenvalue weighted by Gasteiger charge is -2.47. The molecule has 2 heterocycles. The Labute approximate surface area is 119 Å². The van der Waals surface area contributed by atoms with Crippen molar-refractivity contribution in [2.75, 3.05) is 36.1 Å². The van der Waals surface area contributed by atoms with Crippen molar-refractivity contribution in [2.45, 2.75) is 37.7 Å². The van der Waals surface area contributed by atoms with Crippen LogP contribution in [0, 0.1) is 5.92 Å². The molecule has 0 spiro atoms. The van der Waals surface area contributed by atoms with Crippen LogP contribution in [0.2, 0.25) is 0 Å². The quantitative estimate of drug-likeness (QED) is 0.753. The molecule has 3 rings (SSSR count). The van der Waals surface area contributed by atoms with Gasteiger partial charge in [-0.05, 0) is 19.3 Å². The molecular weight excluding hydrogens is 254 g/mol. The van der Waals surface area contributed by atoms with Gasteiger partial charge in [0.2, 0.25) is 5.95 Å². The molecule has 2 fully saturated rings. The predicted octanol–water partition coefficient (Wildman–Crippen LogP) is 1.23. The molecule has 1 aromatic heterocycles. The fourth-order valence-electron chi connectivity index (χ4n) is 3.52. The van der Waals surface area contributed by atoms with E-state index in [0.29, 0.717) is 5.92 Å². The number of piperidine rings is 1. The zero-order valence-corrected chi connectivity index (χ0v) is 12.0. The van der Waals surface area contributed by atoms with Crippen molar-refractivity contribution in [2.24, 2.45) is 5.92 Å². The van der Waals surface area contributed by atoms with E-state index >= 15 is 0 Å². The second-order valence-electron chi connectivity index (χ2n) is 5.96. The highest BCUT2D eigenvalue weighted by Gasteiger charge is 2.43. The summed E-state index contributed by atoms with van der Waals surface area (Å²) < 4.78 is 0. The highest BCUT2D eigenvalue weighted by Crippen LogP contribution is 2.40. The zero-order valence-electron chi connectivity index (χ0n) is 12.0. The molecule has 6 nitrogen and oxygen atoms in total. The predicted molar refractivity (Wildman–Crippen MR) is 79.7 cm³/mol. The van der Waals surface area contributed by atoms with Gasteiger partial charge in [0.15, 0.2) is 0 Å². The van der Waals surface area contributed by atoms with Crippen LogP contribution in [0.1, 0.15) is 32.1 Å². The minimum atomic E-state index is -0.459. The van der Waals surface area contributed by atoms with Gasteiger partial charge < -0.3 is 21.1 Å². The average molecular weight is 277 g/mol. The van der Waals surface area contributed by atoms with E-state index in [2.05, 4.69) is 20.2 Å². The van der Waals surface area contributed by atoms with Crippen LogP contribution in [0.4, 0.5) is 17.6 Å². The SMILES string of the molecule is CNc1cc(N2CCC3(O)CCCCC3C2)nc(N)n1. The van der Waals surface area contributed by atoms with Gasteiger partial charge in [0.05, 0.1) is 5.60 Å². The smallest absolute Gasteiger partial charge is 0.223 e. The molecule has 4 N–H and O–H groups in total. The van der Waals surface area contributed by atoms with Crippen molar-refractivity contribution in [3.63, 3.8) is 0 Å². The summed E-state index contributed by atoms with van der Waals surface area (Å²) in [6.07, 6.45) is 5.23. The number of nitrogens with two attached hydrogens (primary N) is 1. The lowest BCUT2D eigenvalue weighted by Crippen LogP contribution is -2.53. The minimum Gasteiger partial charge on any atom is -0.389 e. The number of hydrogen-bond acceptors (Lipinski definition) is 6. The van der Waals surface area contributed by atoms with Gasteiger partial charge >= 0.3 is 0 Å². The summed E-state index contributed by atoms with van der Waals surface area (Å²) in [6.45, 7) is 1.68. The Kier molecular flexibility index (Phi) is 3.41. The van der Waals surface area contributed by atoms with Crippen LogP contribution < -0.4 is 16.0 Å². The molecule has 0 bridgehead atoms. The molecule has 0 aromatic carbocycles. The maximum absolute atomic E-state index is 10.7. The molecule has 2 atom stereocenters. The molecule has 0 amide bonds. The van der Waals surface area contributed by atoms with Crippen LogP contribution in [0.3, 0.4) is 0 Å². The van der Waals surface area contributed by atoms with Crippen LogP contribution >= 0.6 is 0 Å². The van der Waals surface area contributed by atoms with Crippen molar-refractivity contribution in [1.82, 2.24) is 9.97 Å². The van der Waals surface area contributed by atoms with E-state index in [-0.39, 0.29) is 5.95 Å². The van der Waals surface area contributed by atoms with E-state index in [0.717, 1.165) is 50.4 Å². The van der Waals surface area contributed by atoms with Gasteiger partial charge in [0.1, 0.15) is 11.6 Å². The van der Waals surface area contributed by atoms with Crippen molar-refractivity contribution < 1.29 is 5.11 Å². The zero-order chi connectivity index (χ0) is 14.2. The fraction of sp³-hybridized carbons (Fsp3) is 0.714. The lowest BCUT2D eigenvalue weighted by molar-refractivity contribution is -0.0613. The number of nitrogen functional groups attached to an aromatic ring is 1. The average Bonchev–Trinajstić information content (AvgIpc) is 2.45. The van der Waals surface area contributed by atoms with Gasteiger partial charge in [-0.1, -0.05) is 12.8 Å². The Morgan fingerprint density at radius 2 is 2.25 bits per heavy atom. The summed E-state index contributed by atoms with van der Waals surface area (Å²) in [6, 6.07) is 1.92. The van der Waals surface area contributed by atoms with Gasteiger partial charge in [0.25, 0.3) is 0 Å². The summed E-state index contributed by atoms with van der Waals surface area (Å²) in [5, 5.41) is 13.7. The number of hydrogen-bond donors (Lipinski definition) is 3. The first-order chi connectivity index (χ1) is 9.60. The second kappa shape index (κ2) is 5.09. The van der Waals surface area contributed by atoms with Crippen molar-refractivity contribution in [3.8, 4) is 0 Å². The van der Waals surface area contributed by atoms with Gasteiger partial charge in [-0.3, -0.25) is 0 Å². The molecule has 1 saturated heterocycles. The van der Waals surface area contributed by atoms with Crippen LogP contribution in [0.15, 0.2) is 6.07 Å². The molecule has 2 aliphatic rings. The Bertz CT molecular complexity index is 494. The molecule has 2 unspecified atom stereocenters. The Morgan fingerprint density at radius 1 is 1.40 bits per heavy atom. The van der Waals surface area contributed by atoms with E-state index in [9.17, 15) is 5.11 Å². The van der Waals surface area contributed by atoms with Gasteiger partial charge in [0, 0.05) is 32.1 Å². The number of nitrogens with zero attached hydrogens (tertiary/aromatic N) is 3. The summed E-state index contributed by atoms with van der Waals surface area (Å²) in [4.78, 5) is 10.7. The van der Waals surface area contributed by atoms with Crippen molar-refractivity contribution in [3.05, 3.63) is 6.07 Å². The number of aliphatic hydroxyl groups is 1. The number of nitrogens with one attached hydrogen (secondary N) is 1. The Hall–Kier alpha value is -1.56. The monoisotopic (exact) mass is 277 g/mol. The first-order valence-electron chi connectivity index (χ1n) is 7.40. The van der Waals surface area contributed by atoms with Crippen molar-refractivity contribution in [1.29, 1.82) is 0 Å². The molecule has 110 valence electrons. The summed E-state index contributed by atoms with van der Waals surface area (Å²) in [5.41, 5.74) is 5.30. The van der Waals surface area contributed by atoms with E-state index in [1.54, 1.807) is 0 Å². The third-order valence-electron chi connectivity index (χ3n) is 4.74. The maximum atomic E-state index is 10.7. The van der Waals surface area contributed by atoms with Crippen LogP contribution in [-0.2, 0) is 0 Å². The van der Waals surface area contributed by atoms with E-state index in [1.165, 1.54) is 6.42 Å². The van der Waals surface area contributed by atoms with E-state index in [1.807, 2.05) is 13.1 Å². The summed E-state index contributed by atoms with van der Waals surface area (Å²) >= 11 is 0. The third-order valence-corrected chi connectivity index (χ3v) is 4.74. The minimum absolute atomic E-state index is 0.288. The van der Waals surface area contributed by atoms with Crippen LogP contribution in [0.5, 0.6) is 0 Å². The number of fused-ring (bicyclic) bond motifs is 1. The van der Waals surface area contributed by atoms with Gasteiger partial charge in [-0.2, -0.15) is 9.97 Å². The highest BCUT2D eigenvalue weighted by molar-refractivity contribution is 5.52. The Balaban J connectivity index is 1.80. The second-order valence-corrected chi connectivity index (χ2v) is 5.96. The molecule has 1 aliphatic carbocycles. The molecule has 1 saturated carbocycles. The maximum Gasteiger partial charge on any atom is 0.223 e. The van der Waals surface area contributed by atoms with E-state index in [4.69, 9.17) is 5.73 Å². The normalized spacial score (nSPS) is 29.9. The van der Waals surface area contributed by atoms with Crippen LogP contribution in [-0.4, -0.2) is 40.8 Å². The van der Waals surface area contributed by atoms with Gasteiger partial charge in [-0.25, -0.2) is 0 Å². The largest absolute Gasteiger partial charge is 0.389 e. The van der Waals surface area contributed by atoms with E-state index < -0.39 is 5.60 Å². The number of aromatic nitrogens is 2. The third kappa shape index (κ3) is 2.40. The number of anilines is 3. The topological polar surface area (TPSA) is 87.3 Å². The molecule has 1 aliphatic heterocycles. The highest BCUT2D eigenvalue weighted by atomic mass is 16.3.